The minimum atomic E-state index is -0.242. The van der Waals surface area contributed by atoms with E-state index in [1.54, 1.807) is 0 Å². The zero-order valence-corrected chi connectivity index (χ0v) is 10.7. The molecule has 0 aromatic rings. The number of rotatable bonds is 1. The molecule has 1 heterocycles. The largest absolute Gasteiger partial charge is 0.299 e. The van der Waals surface area contributed by atoms with Gasteiger partial charge in [0.15, 0.2) is 0 Å². The van der Waals surface area contributed by atoms with E-state index in [-0.39, 0.29) is 29.9 Å². The summed E-state index contributed by atoms with van der Waals surface area (Å²) in [4.78, 5) is 13.7. The molecule has 2 unspecified atom stereocenters. The van der Waals surface area contributed by atoms with E-state index in [4.69, 9.17) is 6.42 Å². The zero-order valence-electron chi connectivity index (χ0n) is 9.91. The van der Waals surface area contributed by atoms with Crippen LogP contribution in [-0.4, -0.2) is 28.8 Å². The Balaban J connectivity index is 0.00000196. The van der Waals surface area contributed by atoms with Crippen molar-refractivity contribution in [2.24, 2.45) is 5.92 Å². The van der Waals surface area contributed by atoms with Gasteiger partial charge in [-0.25, -0.2) is 0 Å². The molecule has 2 atom stereocenters. The molecule has 0 aliphatic carbocycles. The Bertz CT molecular complexity index is 280. The number of ketones is 1. The maximum absolute atomic E-state index is 11.5. The van der Waals surface area contributed by atoms with Gasteiger partial charge in [0.25, 0.3) is 0 Å². The highest BCUT2D eigenvalue weighted by Gasteiger charge is 2.36. The molecule has 1 aliphatic heterocycles. The van der Waals surface area contributed by atoms with Gasteiger partial charge in [0.05, 0.1) is 5.54 Å². The first-order valence-electron chi connectivity index (χ1n) is 5.15. The van der Waals surface area contributed by atoms with Crippen molar-refractivity contribution < 1.29 is 4.79 Å². The van der Waals surface area contributed by atoms with Crippen molar-refractivity contribution in [1.82, 2.24) is 4.90 Å². The van der Waals surface area contributed by atoms with Gasteiger partial charge < -0.3 is 0 Å². The highest BCUT2D eigenvalue weighted by molar-refractivity contribution is 5.85. The Labute approximate surface area is 98.8 Å². The molecule has 3 heteroatoms. The minimum absolute atomic E-state index is 0. The second-order valence-electron chi connectivity index (χ2n) is 4.78. The molecule has 0 radical (unpaired) electrons. The van der Waals surface area contributed by atoms with Gasteiger partial charge in [-0.15, -0.1) is 18.8 Å². The van der Waals surface area contributed by atoms with E-state index in [1.807, 2.05) is 20.8 Å². The van der Waals surface area contributed by atoms with Crippen molar-refractivity contribution in [2.75, 3.05) is 6.54 Å². The molecule has 0 amide bonds. The van der Waals surface area contributed by atoms with Crippen LogP contribution >= 0.6 is 12.4 Å². The number of terminal acetylenes is 1. The Hall–Kier alpha value is -0.520. The highest BCUT2D eigenvalue weighted by Crippen LogP contribution is 2.26. The molecule has 15 heavy (non-hydrogen) atoms. The van der Waals surface area contributed by atoms with Crippen molar-refractivity contribution in [2.45, 2.75) is 45.7 Å². The third-order valence-electron chi connectivity index (χ3n) is 3.12. The predicted octanol–water partition coefficient (Wildman–Crippen LogP) is 2.12. The van der Waals surface area contributed by atoms with Gasteiger partial charge >= 0.3 is 0 Å². The molecule has 1 saturated heterocycles. The molecular weight excluding hydrogens is 210 g/mol. The fraction of sp³-hybridized carbons (Fsp3) is 0.750. The topological polar surface area (TPSA) is 20.3 Å². The van der Waals surface area contributed by atoms with Gasteiger partial charge in [-0.3, -0.25) is 9.69 Å². The average molecular weight is 230 g/mol. The van der Waals surface area contributed by atoms with Gasteiger partial charge in [0.2, 0.25) is 0 Å². The van der Waals surface area contributed by atoms with E-state index < -0.39 is 0 Å². The van der Waals surface area contributed by atoms with Crippen LogP contribution in [0.15, 0.2) is 0 Å². The number of nitrogens with zero attached hydrogens (tertiary/aromatic N) is 1. The Morgan fingerprint density at radius 2 is 2.00 bits per heavy atom. The fourth-order valence-electron chi connectivity index (χ4n) is 2.04. The van der Waals surface area contributed by atoms with Gasteiger partial charge in [-0.2, -0.15) is 0 Å². The van der Waals surface area contributed by atoms with Crippen molar-refractivity contribution in [3.63, 3.8) is 0 Å². The molecule has 0 spiro atoms. The first-order valence-corrected chi connectivity index (χ1v) is 5.15. The van der Waals surface area contributed by atoms with Crippen molar-refractivity contribution in [3.05, 3.63) is 0 Å². The number of carbonyl (C=O) groups is 1. The molecule has 0 aromatic carbocycles. The van der Waals surface area contributed by atoms with Crippen LogP contribution in [0.3, 0.4) is 0 Å². The van der Waals surface area contributed by atoms with Crippen molar-refractivity contribution in [1.29, 1.82) is 0 Å². The van der Waals surface area contributed by atoms with Crippen LogP contribution in [-0.2, 0) is 4.79 Å². The molecule has 1 fully saturated rings. The predicted molar refractivity (Wildman–Crippen MR) is 65.1 cm³/mol. The standard InChI is InChI=1S/C12H19NO.ClH/c1-6-12(4,5)13-8-9(2)11(14)7-10(13)3;/h1,9-10H,7-8H2,2-5H3;1H. The lowest BCUT2D eigenvalue weighted by Crippen LogP contribution is -2.54. The normalized spacial score (nSPS) is 28.1. The Morgan fingerprint density at radius 3 is 2.47 bits per heavy atom. The lowest BCUT2D eigenvalue weighted by Gasteiger charge is -2.43. The highest BCUT2D eigenvalue weighted by atomic mass is 35.5. The lowest BCUT2D eigenvalue weighted by atomic mass is 9.89. The van der Waals surface area contributed by atoms with E-state index in [0.29, 0.717) is 12.2 Å². The van der Waals surface area contributed by atoms with Crippen LogP contribution in [0.1, 0.15) is 34.1 Å². The fourth-order valence-corrected chi connectivity index (χ4v) is 2.04. The summed E-state index contributed by atoms with van der Waals surface area (Å²) in [7, 11) is 0. The number of piperidine rings is 1. The molecule has 1 rings (SSSR count). The maximum Gasteiger partial charge on any atom is 0.138 e. The van der Waals surface area contributed by atoms with Crippen molar-refractivity contribution >= 4 is 18.2 Å². The van der Waals surface area contributed by atoms with Crippen LogP contribution < -0.4 is 0 Å². The van der Waals surface area contributed by atoms with E-state index in [0.717, 1.165) is 6.54 Å². The molecule has 0 aromatic heterocycles. The van der Waals surface area contributed by atoms with Crippen LogP contribution in [0.2, 0.25) is 0 Å². The van der Waals surface area contributed by atoms with Gasteiger partial charge in [0.1, 0.15) is 5.78 Å². The van der Waals surface area contributed by atoms with Gasteiger partial charge in [-0.1, -0.05) is 12.8 Å². The summed E-state index contributed by atoms with van der Waals surface area (Å²) in [5.41, 5.74) is -0.242. The first kappa shape index (κ1) is 14.5. The Kier molecular flexibility index (Phi) is 4.83. The van der Waals surface area contributed by atoms with Crippen molar-refractivity contribution in [3.8, 4) is 12.3 Å². The quantitative estimate of drug-likeness (QED) is 0.642. The second kappa shape index (κ2) is 5.01. The second-order valence-corrected chi connectivity index (χ2v) is 4.78. The van der Waals surface area contributed by atoms with Crippen LogP contribution in [0, 0.1) is 18.3 Å². The summed E-state index contributed by atoms with van der Waals surface area (Å²) in [6.45, 7) is 8.91. The number of hydrogen-bond donors (Lipinski definition) is 0. The summed E-state index contributed by atoms with van der Waals surface area (Å²) in [6, 6.07) is 0.268. The van der Waals surface area contributed by atoms with Gasteiger partial charge in [-0.05, 0) is 20.8 Å². The Morgan fingerprint density at radius 1 is 1.47 bits per heavy atom. The summed E-state index contributed by atoms with van der Waals surface area (Å²) < 4.78 is 0. The summed E-state index contributed by atoms with van der Waals surface area (Å²) in [5.74, 6) is 3.28. The molecule has 1 aliphatic rings. The van der Waals surface area contributed by atoms with Gasteiger partial charge in [0, 0.05) is 24.9 Å². The third kappa shape index (κ3) is 2.96. The lowest BCUT2D eigenvalue weighted by molar-refractivity contribution is -0.128. The van der Waals surface area contributed by atoms with Crippen LogP contribution in [0.4, 0.5) is 0 Å². The number of Topliss-reactive ketones (excluding diaryl/α,β-unsaturated/α-hetero) is 1. The zero-order chi connectivity index (χ0) is 10.9. The minimum Gasteiger partial charge on any atom is -0.299 e. The SMILES string of the molecule is C#CC(C)(C)N1CC(C)C(=O)CC1C.Cl. The van der Waals surface area contributed by atoms with Crippen LogP contribution in [0.25, 0.3) is 0 Å². The molecule has 0 saturated carbocycles. The summed E-state index contributed by atoms with van der Waals surface area (Å²) >= 11 is 0. The van der Waals surface area contributed by atoms with E-state index >= 15 is 0 Å². The van der Waals surface area contributed by atoms with E-state index in [1.165, 1.54) is 0 Å². The molecule has 2 nitrogen and oxygen atoms in total. The van der Waals surface area contributed by atoms with E-state index in [2.05, 4.69) is 17.7 Å². The average Bonchev–Trinajstić information content (AvgIpc) is 2.11. The third-order valence-corrected chi connectivity index (χ3v) is 3.12. The monoisotopic (exact) mass is 229 g/mol. The molecular formula is C12H20ClNO. The number of carbonyl (C=O) groups excluding carboxylic acids is 1. The maximum atomic E-state index is 11.5. The summed E-state index contributed by atoms with van der Waals surface area (Å²) in [6.07, 6.45) is 6.13. The summed E-state index contributed by atoms with van der Waals surface area (Å²) in [5, 5.41) is 0. The number of halogens is 1. The van der Waals surface area contributed by atoms with E-state index in [9.17, 15) is 4.79 Å². The molecule has 0 bridgehead atoms. The van der Waals surface area contributed by atoms with Crippen LogP contribution in [0.5, 0.6) is 0 Å². The smallest absolute Gasteiger partial charge is 0.138 e. The number of hydrogen-bond acceptors (Lipinski definition) is 2. The number of likely N-dealkylation sites (tertiary alicyclic amines) is 1. The molecule has 86 valence electrons. The molecule has 0 N–H and O–H groups in total. The first-order chi connectivity index (χ1) is 6.38.